The summed E-state index contributed by atoms with van der Waals surface area (Å²) in [6.45, 7) is 0. The molecule has 1 aromatic rings. The van der Waals surface area contributed by atoms with E-state index in [1.165, 1.54) is 9.71 Å². The molecule has 1 aromatic carbocycles. The van der Waals surface area contributed by atoms with Crippen LogP contribution in [0, 0.1) is 0 Å². The minimum absolute atomic E-state index is 0.727. The van der Waals surface area contributed by atoms with Crippen molar-refractivity contribution < 1.29 is 8.42 Å². The van der Waals surface area contributed by atoms with Gasteiger partial charge in [-0.2, -0.15) is 0 Å². The van der Waals surface area contributed by atoms with Crippen LogP contribution >= 0.6 is 0 Å². The van der Waals surface area contributed by atoms with E-state index in [9.17, 15) is 8.42 Å². The first-order chi connectivity index (χ1) is 6.11. The zero-order valence-electron chi connectivity index (χ0n) is 7.14. The van der Waals surface area contributed by atoms with Crippen LogP contribution in [0.2, 0.25) is 0 Å². The zero-order valence-corrected chi connectivity index (χ0v) is 7.95. The predicted octanol–water partition coefficient (Wildman–Crippen LogP) is 1.44. The average Bonchev–Trinajstić information content (AvgIpc) is 2.13. The van der Waals surface area contributed by atoms with Gasteiger partial charge in [-0.15, -0.1) is 0 Å². The largest absolute Gasteiger partial charge is 0.269 e. The Morgan fingerprint density at radius 1 is 1.23 bits per heavy atom. The number of hydrogen-bond acceptors (Lipinski definition) is 2. The highest BCUT2D eigenvalue weighted by molar-refractivity contribution is 7.95. The molecule has 3 nitrogen and oxygen atoms in total. The van der Waals surface area contributed by atoms with Crippen LogP contribution in [0.3, 0.4) is 0 Å². The number of hydrogen-bond donors (Lipinski definition) is 0. The number of rotatable bonds is 0. The Morgan fingerprint density at radius 3 is 2.69 bits per heavy atom. The summed E-state index contributed by atoms with van der Waals surface area (Å²) in [7, 11) is -1.67. The standard InChI is InChI=1S/C9H9NO2S/c1-10-9-5-3-2-4-8(9)6-7-13(10,11)12/h2-7H,1H3. The fourth-order valence-corrected chi connectivity index (χ4v) is 2.24. The van der Waals surface area contributed by atoms with Crippen LogP contribution in [0.15, 0.2) is 29.7 Å². The average molecular weight is 195 g/mol. The Morgan fingerprint density at radius 2 is 1.92 bits per heavy atom. The van der Waals surface area contributed by atoms with Crippen molar-refractivity contribution in [1.82, 2.24) is 0 Å². The highest BCUT2D eigenvalue weighted by atomic mass is 32.2. The summed E-state index contributed by atoms with van der Waals surface area (Å²) in [4.78, 5) is 0. The van der Waals surface area contributed by atoms with Crippen LogP contribution in [-0.2, 0) is 10.0 Å². The van der Waals surface area contributed by atoms with Gasteiger partial charge in [0.1, 0.15) is 0 Å². The SMILES string of the molecule is CN1c2ccccc2C=CS1(=O)=O. The van der Waals surface area contributed by atoms with Crippen molar-refractivity contribution >= 4 is 21.8 Å². The van der Waals surface area contributed by atoms with E-state index in [2.05, 4.69) is 0 Å². The number of nitrogens with zero attached hydrogens (tertiary/aromatic N) is 1. The molecule has 1 heterocycles. The lowest BCUT2D eigenvalue weighted by atomic mass is 10.2. The Labute approximate surface area is 77.4 Å². The van der Waals surface area contributed by atoms with Gasteiger partial charge in [0.15, 0.2) is 0 Å². The molecule has 0 saturated carbocycles. The number of fused-ring (bicyclic) bond motifs is 1. The normalized spacial score (nSPS) is 18.4. The molecule has 0 unspecified atom stereocenters. The molecule has 0 aliphatic carbocycles. The van der Waals surface area contributed by atoms with Crippen LogP contribution in [0.5, 0.6) is 0 Å². The molecular weight excluding hydrogens is 186 g/mol. The molecule has 0 bridgehead atoms. The van der Waals surface area contributed by atoms with Gasteiger partial charge in [-0.3, -0.25) is 4.31 Å². The molecule has 0 saturated heterocycles. The number of benzene rings is 1. The van der Waals surface area contributed by atoms with Gasteiger partial charge in [0.05, 0.1) is 11.1 Å². The van der Waals surface area contributed by atoms with Crippen molar-refractivity contribution in [2.75, 3.05) is 11.4 Å². The van der Waals surface area contributed by atoms with Crippen molar-refractivity contribution in [3.05, 3.63) is 35.2 Å². The van der Waals surface area contributed by atoms with Gasteiger partial charge in [-0.05, 0) is 17.7 Å². The first-order valence-corrected chi connectivity index (χ1v) is 5.38. The van der Waals surface area contributed by atoms with Gasteiger partial charge in [-0.1, -0.05) is 18.2 Å². The lowest BCUT2D eigenvalue weighted by Gasteiger charge is -2.22. The predicted molar refractivity (Wildman–Crippen MR) is 52.8 cm³/mol. The summed E-state index contributed by atoms with van der Waals surface area (Å²) >= 11 is 0. The second kappa shape index (κ2) is 2.60. The van der Waals surface area contributed by atoms with E-state index in [4.69, 9.17) is 0 Å². The minimum Gasteiger partial charge on any atom is -0.269 e. The smallest absolute Gasteiger partial charge is 0.257 e. The van der Waals surface area contributed by atoms with Crippen molar-refractivity contribution in [1.29, 1.82) is 0 Å². The van der Waals surface area contributed by atoms with Gasteiger partial charge >= 0.3 is 0 Å². The van der Waals surface area contributed by atoms with Crippen molar-refractivity contribution in [2.24, 2.45) is 0 Å². The molecule has 13 heavy (non-hydrogen) atoms. The maximum Gasteiger partial charge on any atom is 0.257 e. The molecular formula is C9H9NO2S. The summed E-state index contributed by atoms with van der Waals surface area (Å²) in [5, 5.41) is 1.22. The molecule has 0 aromatic heterocycles. The summed E-state index contributed by atoms with van der Waals surface area (Å²) in [6.07, 6.45) is 1.62. The molecule has 0 spiro atoms. The van der Waals surface area contributed by atoms with Crippen molar-refractivity contribution in [2.45, 2.75) is 0 Å². The summed E-state index contributed by atoms with van der Waals surface area (Å²) in [5.74, 6) is 0. The van der Waals surface area contributed by atoms with E-state index >= 15 is 0 Å². The summed E-state index contributed by atoms with van der Waals surface area (Å²) in [6, 6.07) is 7.38. The summed E-state index contributed by atoms with van der Waals surface area (Å²) in [5.41, 5.74) is 1.66. The maximum absolute atomic E-state index is 11.4. The van der Waals surface area contributed by atoms with Crippen molar-refractivity contribution in [3.8, 4) is 0 Å². The molecule has 0 N–H and O–H groups in total. The molecule has 0 fully saturated rings. The topological polar surface area (TPSA) is 37.4 Å². The number of sulfonamides is 1. The monoisotopic (exact) mass is 195 g/mol. The highest BCUT2D eigenvalue weighted by Gasteiger charge is 2.20. The molecule has 0 amide bonds. The van der Waals surface area contributed by atoms with E-state index in [0.717, 1.165) is 11.3 Å². The van der Waals surface area contributed by atoms with Gasteiger partial charge < -0.3 is 0 Å². The van der Waals surface area contributed by atoms with E-state index < -0.39 is 10.0 Å². The van der Waals surface area contributed by atoms with Crippen LogP contribution in [-0.4, -0.2) is 15.5 Å². The lowest BCUT2D eigenvalue weighted by molar-refractivity contribution is 0.603. The van der Waals surface area contributed by atoms with Gasteiger partial charge in [0, 0.05) is 7.05 Å². The number of anilines is 1. The molecule has 1 aliphatic heterocycles. The van der Waals surface area contributed by atoms with Crippen molar-refractivity contribution in [3.63, 3.8) is 0 Å². The first kappa shape index (κ1) is 8.31. The second-order valence-corrected chi connectivity index (χ2v) is 4.72. The molecule has 0 atom stereocenters. The fraction of sp³-hybridized carbons (Fsp3) is 0.111. The molecule has 4 heteroatoms. The quantitative estimate of drug-likeness (QED) is 0.628. The van der Waals surface area contributed by atoms with Crippen LogP contribution in [0.1, 0.15) is 5.56 Å². The van der Waals surface area contributed by atoms with Gasteiger partial charge in [0.25, 0.3) is 10.0 Å². The van der Waals surface area contributed by atoms with Crippen LogP contribution in [0.4, 0.5) is 5.69 Å². The van der Waals surface area contributed by atoms with E-state index in [1.807, 2.05) is 18.2 Å². The summed E-state index contributed by atoms with van der Waals surface area (Å²) < 4.78 is 24.0. The zero-order chi connectivity index (χ0) is 9.47. The Kier molecular flexibility index (Phi) is 1.66. The van der Waals surface area contributed by atoms with Crippen LogP contribution in [0.25, 0.3) is 6.08 Å². The van der Waals surface area contributed by atoms with Crippen LogP contribution < -0.4 is 4.31 Å². The van der Waals surface area contributed by atoms with Gasteiger partial charge in [0.2, 0.25) is 0 Å². The minimum atomic E-state index is -3.22. The lowest BCUT2D eigenvalue weighted by Crippen LogP contribution is -2.26. The van der Waals surface area contributed by atoms with E-state index in [0.29, 0.717) is 0 Å². The third-order valence-corrected chi connectivity index (χ3v) is 3.52. The van der Waals surface area contributed by atoms with Gasteiger partial charge in [-0.25, -0.2) is 8.42 Å². The van der Waals surface area contributed by atoms with E-state index in [1.54, 1.807) is 19.2 Å². The Bertz CT molecular complexity index is 462. The highest BCUT2D eigenvalue weighted by Crippen LogP contribution is 2.27. The first-order valence-electron chi connectivity index (χ1n) is 3.87. The molecule has 2 rings (SSSR count). The Balaban J connectivity index is 2.68. The maximum atomic E-state index is 11.4. The van der Waals surface area contributed by atoms with E-state index in [-0.39, 0.29) is 0 Å². The third kappa shape index (κ3) is 1.23. The molecule has 1 aliphatic rings. The fourth-order valence-electron chi connectivity index (χ4n) is 1.30. The molecule has 68 valence electrons. The Hall–Kier alpha value is -1.29. The second-order valence-electron chi connectivity index (χ2n) is 2.87. The third-order valence-electron chi connectivity index (χ3n) is 2.08. The molecule has 0 radical (unpaired) electrons. The number of para-hydroxylation sites is 1.